The van der Waals surface area contributed by atoms with Gasteiger partial charge in [-0.25, -0.2) is 9.97 Å². The van der Waals surface area contributed by atoms with Crippen molar-refractivity contribution in [2.24, 2.45) is 7.05 Å². The van der Waals surface area contributed by atoms with Crippen molar-refractivity contribution in [2.45, 2.75) is 6.54 Å². The number of nitrogens with zero attached hydrogens (tertiary/aromatic N) is 3. The maximum absolute atomic E-state index is 12.8. The minimum atomic E-state index is -0.221. The molecule has 0 saturated carbocycles. The summed E-state index contributed by atoms with van der Waals surface area (Å²) < 4.78 is 7.15. The van der Waals surface area contributed by atoms with E-state index in [2.05, 4.69) is 20.6 Å². The average molecular weight is 387 g/mol. The predicted molar refractivity (Wildman–Crippen MR) is 112 cm³/mol. The largest absolute Gasteiger partial charge is 0.497 e. The normalized spacial score (nSPS) is 10.7. The fourth-order valence-electron chi connectivity index (χ4n) is 3.11. The molecular weight excluding hydrogens is 366 g/mol. The highest BCUT2D eigenvalue weighted by Gasteiger charge is 2.14. The maximum atomic E-state index is 12.8. The second-order valence-corrected chi connectivity index (χ2v) is 6.51. The first-order valence-corrected chi connectivity index (χ1v) is 9.20. The Morgan fingerprint density at radius 1 is 1.07 bits per heavy atom. The molecule has 2 aromatic heterocycles. The van der Waals surface area contributed by atoms with Crippen LogP contribution in [0.5, 0.6) is 5.75 Å². The van der Waals surface area contributed by atoms with Gasteiger partial charge in [0.1, 0.15) is 17.4 Å². The number of aryl methyl sites for hydroxylation is 1. The minimum Gasteiger partial charge on any atom is -0.497 e. The van der Waals surface area contributed by atoms with Crippen molar-refractivity contribution in [3.63, 3.8) is 0 Å². The first-order chi connectivity index (χ1) is 14.2. The van der Waals surface area contributed by atoms with Crippen molar-refractivity contribution in [1.82, 2.24) is 19.9 Å². The number of anilines is 2. The van der Waals surface area contributed by atoms with Gasteiger partial charge in [-0.1, -0.05) is 12.1 Å². The molecule has 4 rings (SSSR count). The van der Waals surface area contributed by atoms with Crippen LogP contribution in [-0.4, -0.2) is 27.6 Å². The van der Waals surface area contributed by atoms with E-state index >= 15 is 0 Å². The molecule has 0 bridgehead atoms. The number of pyridine rings is 1. The van der Waals surface area contributed by atoms with Crippen LogP contribution in [0.4, 0.5) is 11.5 Å². The molecule has 2 aromatic carbocycles. The van der Waals surface area contributed by atoms with Gasteiger partial charge in [0.2, 0.25) is 0 Å². The highest BCUT2D eigenvalue weighted by atomic mass is 16.5. The van der Waals surface area contributed by atoms with E-state index in [1.54, 1.807) is 25.4 Å². The van der Waals surface area contributed by atoms with Crippen molar-refractivity contribution in [1.29, 1.82) is 0 Å². The van der Waals surface area contributed by atoms with Gasteiger partial charge in [-0.05, 0) is 48.5 Å². The Hall–Kier alpha value is -3.87. The number of para-hydroxylation sites is 2. The fraction of sp³-hybridized carbons (Fsp3) is 0.136. The molecule has 4 aromatic rings. The van der Waals surface area contributed by atoms with E-state index in [4.69, 9.17) is 4.74 Å². The van der Waals surface area contributed by atoms with E-state index in [9.17, 15) is 4.79 Å². The molecule has 0 aliphatic rings. The number of imidazole rings is 1. The van der Waals surface area contributed by atoms with Crippen molar-refractivity contribution < 1.29 is 9.53 Å². The molecule has 146 valence electrons. The van der Waals surface area contributed by atoms with Crippen LogP contribution in [0.2, 0.25) is 0 Å². The highest BCUT2D eigenvalue weighted by molar-refractivity contribution is 5.99. The SMILES string of the molecule is COc1ccc(Nc2ncccc2C(=O)NCc2nc3ccccc3n2C)cc1. The molecule has 0 fully saturated rings. The zero-order valence-corrected chi connectivity index (χ0v) is 16.2. The summed E-state index contributed by atoms with van der Waals surface area (Å²) in [4.78, 5) is 21.7. The number of nitrogens with one attached hydrogen (secondary N) is 2. The van der Waals surface area contributed by atoms with Crippen LogP contribution in [0.25, 0.3) is 11.0 Å². The smallest absolute Gasteiger partial charge is 0.255 e. The monoisotopic (exact) mass is 387 g/mol. The van der Waals surface area contributed by atoms with Crippen molar-refractivity contribution >= 4 is 28.4 Å². The van der Waals surface area contributed by atoms with Crippen molar-refractivity contribution in [3.05, 3.63) is 78.2 Å². The standard InChI is InChI=1S/C22H21N5O2/c1-27-19-8-4-3-7-18(19)26-20(27)14-24-22(28)17-6-5-13-23-21(17)25-15-9-11-16(29-2)12-10-15/h3-13H,14H2,1-2H3,(H,23,25)(H,24,28). The molecule has 0 spiro atoms. The number of fused-ring (bicyclic) bond motifs is 1. The molecular formula is C22H21N5O2. The summed E-state index contributed by atoms with van der Waals surface area (Å²) in [7, 11) is 3.56. The summed E-state index contributed by atoms with van der Waals surface area (Å²) in [5.41, 5.74) is 3.21. The van der Waals surface area contributed by atoms with E-state index in [0.29, 0.717) is 17.9 Å². The number of ether oxygens (including phenoxy) is 1. The average Bonchev–Trinajstić information content (AvgIpc) is 3.09. The number of carbonyl (C=O) groups is 1. The molecule has 0 aliphatic carbocycles. The zero-order valence-electron chi connectivity index (χ0n) is 16.2. The van der Waals surface area contributed by atoms with Crippen LogP contribution in [-0.2, 0) is 13.6 Å². The summed E-state index contributed by atoms with van der Waals surface area (Å²) in [5, 5.41) is 6.13. The number of rotatable bonds is 6. The number of hydrogen-bond acceptors (Lipinski definition) is 5. The fourth-order valence-corrected chi connectivity index (χ4v) is 3.11. The molecule has 7 heteroatoms. The van der Waals surface area contributed by atoms with Gasteiger partial charge in [-0.2, -0.15) is 0 Å². The van der Waals surface area contributed by atoms with Gasteiger partial charge in [0.15, 0.2) is 0 Å². The third-order valence-corrected chi connectivity index (χ3v) is 4.69. The van der Waals surface area contributed by atoms with E-state index in [1.807, 2.05) is 60.1 Å². The molecule has 2 heterocycles. The van der Waals surface area contributed by atoms with Crippen LogP contribution < -0.4 is 15.4 Å². The van der Waals surface area contributed by atoms with Crippen molar-refractivity contribution in [3.8, 4) is 5.75 Å². The molecule has 0 saturated heterocycles. The van der Waals surface area contributed by atoms with Crippen LogP contribution in [0, 0.1) is 0 Å². The molecule has 1 amide bonds. The molecule has 0 radical (unpaired) electrons. The number of benzene rings is 2. The lowest BCUT2D eigenvalue weighted by molar-refractivity contribution is 0.0950. The first-order valence-electron chi connectivity index (χ1n) is 9.20. The van der Waals surface area contributed by atoms with Crippen LogP contribution in [0.1, 0.15) is 16.2 Å². The second kappa shape index (κ2) is 8.02. The third-order valence-electron chi connectivity index (χ3n) is 4.69. The van der Waals surface area contributed by atoms with Gasteiger partial charge in [-0.15, -0.1) is 0 Å². The quantitative estimate of drug-likeness (QED) is 0.528. The molecule has 0 unspecified atom stereocenters. The molecule has 0 atom stereocenters. The summed E-state index contributed by atoms with van der Waals surface area (Å²) >= 11 is 0. The van der Waals surface area contributed by atoms with E-state index < -0.39 is 0 Å². The lowest BCUT2D eigenvalue weighted by atomic mass is 10.2. The predicted octanol–water partition coefficient (Wildman–Crippen LogP) is 3.65. The highest BCUT2D eigenvalue weighted by Crippen LogP contribution is 2.21. The molecule has 0 aliphatic heterocycles. The number of aromatic nitrogens is 3. The number of hydrogen-bond donors (Lipinski definition) is 2. The molecule has 2 N–H and O–H groups in total. The lowest BCUT2D eigenvalue weighted by Crippen LogP contribution is -2.25. The zero-order chi connectivity index (χ0) is 20.2. The third kappa shape index (κ3) is 3.89. The van der Waals surface area contributed by atoms with Gasteiger partial charge in [-0.3, -0.25) is 4.79 Å². The summed E-state index contributed by atoms with van der Waals surface area (Å²) in [5.74, 6) is 1.81. The summed E-state index contributed by atoms with van der Waals surface area (Å²) in [6.07, 6.45) is 1.65. The Morgan fingerprint density at radius 2 is 1.86 bits per heavy atom. The van der Waals surface area contributed by atoms with Gasteiger partial charge in [0.25, 0.3) is 5.91 Å². The Labute approximate surface area is 168 Å². The second-order valence-electron chi connectivity index (χ2n) is 6.51. The Morgan fingerprint density at radius 3 is 2.62 bits per heavy atom. The minimum absolute atomic E-state index is 0.221. The van der Waals surface area contributed by atoms with Crippen LogP contribution in [0.3, 0.4) is 0 Å². The number of carbonyl (C=O) groups excluding carboxylic acids is 1. The summed E-state index contributed by atoms with van der Waals surface area (Å²) in [6, 6.07) is 18.8. The Bertz CT molecular complexity index is 1150. The van der Waals surface area contributed by atoms with Gasteiger partial charge < -0.3 is 19.9 Å². The van der Waals surface area contributed by atoms with Gasteiger partial charge >= 0.3 is 0 Å². The van der Waals surface area contributed by atoms with E-state index in [0.717, 1.165) is 28.3 Å². The van der Waals surface area contributed by atoms with Crippen LogP contribution in [0.15, 0.2) is 66.9 Å². The van der Waals surface area contributed by atoms with Crippen LogP contribution >= 0.6 is 0 Å². The Balaban J connectivity index is 1.50. The first kappa shape index (κ1) is 18.5. The number of amides is 1. The van der Waals surface area contributed by atoms with Gasteiger partial charge in [0, 0.05) is 18.9 Å². The maximum Gasteiger partial charge on any atom is 0.255 e. The van der Waals surface area contributed by atoms with Gasteiger partial charge in [0.05, 0.1) is 30.3 Å². The topological polar surface area (TPSA) is 81.1 Å². The van der Waals surface area contributed by atoms with E-state index in [-0.39, 0.29) is 5.91 Å². The van der Waals surface area contributed by atoms with Crippen molar-refractivity contribution in [2.75, 3.05) is 12.4 Å². The molecule has 7 nitrogen and oxygen atoms in total. The summed E-state index contributed by atoms with van der Waals surface area (Å²) in [6.45, 7) is 0.320. The Kier molecular flexibility index (Phi) is 5.11. The van der Waals surface area contributed by atoms with E-state index in [1.165, 1.54) is 0 Å². The number of methoxy groups -OCH3 is 1. The molecule has 29 heavy (non-hydrogen) atoms. The lowest BCUT2D eigenvalue weighted by Gasteiger charge is -2.11.